The lowest BCUT2D eigenvalue weighted by Gasteiger charge is -2.12. The molecule has 0 aliphatic heterocycles. The van der Waals surface area contributed by atoms with Gasteiger partial charge in [-0.2, -0.15) is 5.26 Å². The van der Waals surface area contributed by atoms with E-state index >= 15 is 0 Å². The third-order valence-corrected chi connectivity index (χ3v) is 5.68. The average Bonchev–Trinajstić information content (AvgIpc) is 3.37. The van der Waals surface area contributed by atoms with Gasteiger partial charge in [0.25, 0.3) is 0 Å². The van der Waals surface area contributed by atoms with Gasteiger partial charge in [-0.3, -0.25) is 4.79 Å². The molecule has 0 fully saturated rings. The van der Waals surface area contributed by atoms with Crippen LogP contribution < -0.4 is 11.1 Å². The molecule has 0 spiro atoms. The van der Waals surface area contributed by atoms with E-state index in [2.05, 4.69) is 25.9 Å². The lowest BCUT2D eigenvalue weighted by molar-refractivity contribution is -0.115. The van der Waals surface area contributed by atoms with Crippen molar-refractivity contribution in [2.24, 2.45) is 0 Å². The molecular formula is C24H20N6O. The third-order valence-electron chi connectivity index (χ3n) is 5.68. The Kier molecular flexibility index (Phi) is 4.60. The van der Waals surface area contributed by atoms with Crippen LogP contribution in [0.25, 0.3) is 16.7 Å². The Hall–Kier alpha value is -4.18. The molecule has 0 atom stereocenters. The molecule has 0 saturated heterocycles. The van der Waals surface area contributed by atoms with Crippen molar-refractivity contribution in [1.82, 2.24) is 14.5 Å². The molecule has 2 heterocycles. The number of nitrogens with zero attached hydrogens (tertiary/aromatic N) is 4. The number of aromatic nitrogens is 3. The van der Waals surface area contributed by atoms with E-state index in [9.17, 15) is 4.79 Å². The largest absolute Gasteiger partial charge is 0.382 e. The highest BCUT2D eigenvalue weighted by atomic mass is 16.1. The van der Waals surface area contributed by atoms with Gasteiger partial charge in [-0.25, -0.2) is 9.97 Å². The lowest BCUT2D eigenvalue weighted by Crippen LogP contribution is -2.14. The maximum absolute atomic E-state index is 12.4. The highest BCUT2D eigenvalue weighted by Crippen LogP contribution is 2.36. The summed E-state index contributed by atoms with van der Waals surface area (Å²) >= 11 is 0. The van der Waals surface area contributed by atoms with Crippen molar-refractivity contribution in [3.05, 3.63) is 77.2 Å². The number of fused-ring (bicyclic) bond motifs is 3. The topological polar surface area (TPSA) is 110 Å². The number of hydrogen-bond donors (Lipinski definition) is 2. The number of nitrogen functional groups attached to an aromatic ring is 1. The molecule has 4 aromatic rings. The van der Waals surface area contributed by atoms with E-state index in [1.807, 2.05) is 24.3 Å². The Morgan fingerprint density at radius 2 is 1.87 bits per heavy atom. The average molecular weight is 408 g/mol. The Labute approximate surface area is 179 Å². The van der Waals surface area contributed by atoms with Gasteiger partial charge in [0.05, 0.1) is 23.6 Å². The molecule has 7 heteroatoms. The van der Waals surface area contributed by atoms with Gasteiger partial charge in [0.15, 0.2) is 5.82 Å². The quantitative estimate of drug-likeness (QED) is 0.537. The Bertz CT molecular complexity index is 1330. The van der Waals surface area contributed by atoms with Gasteiger partial charge >= 0.3 is 0 Å². The molecule has 1 aliphatic rings. The van der Waals surface area contributed by atoms with Crippen LogP contribution in [0.5, 0.6) is 0 Å². The summed E-state index contributed by atoms with van der Waals surface area (Å²) in [6.45, 7) is 0. The van der Waals surface area contributed by atoms with Crippen molar-refractivity contribution < 1.29 is 4.79 Å². The summed E-state index contributed by atoms with van der Waals surface area (Å²) in [4.78, 5) is 21.1. The number of benzene rings is 2. The first kappa shape index (κ1) is 18.8. The van der Waals surface area contributed by atoms with Crippen LogP contribution in [0.4, 0.5) is 11.5 Å². The number of amides is 1. The van der Waals surface area contributed by atoms with Gasteiger partial charge in [-0.05, 0) is 66.8 Å². The predicted octanol–water partition coefficient (Wildman–Crippen LogP) is 3.54. The van der Waals surface area contributed by atoms with Crippen molar-refractivity contribution in [2.75, 3.05) is 11.1 Å². The van der Waals surface area contributed by atoms with E-state index in [0.717, 1.165) is 47.2 Å². The number of carbonyl (C=O) groups is 1. The van der Waals surface area contributed by atoms with Crippen molar-refractivity contribution in [3.8, 4) is 11.8 Å². The van der Waals surface area contributed by atoms with Crippen molar-refractivity contribution in [3.63, 3.8) is 0 Å². The highest BCUT2D eigenvalue weighted by Gasteiger charge is 2.25. The predicted molar refractivity (Wildman–Crippen MR) is 119 cm³/mol. The number of hydrogen-bond acceptors (Lipinski definition) is 5. The smallest absolute Gasteiger partial charge is 0.228 e. The fourth-order valence-electron chi connectivity index (χ4n) is 4.26. The summed E-state index contributed by atoms with van der Waals surface area (Å²) in [5.74, 6) is 0.363. The molecule has 0 radical (unpaired) electrons. The molecule has 5 rings (SSSR count). The number of rotatable bonds is 4. The number of nitriles is 1. The molecule has 2 aromatic carbocycles. The number of nitrogens with two attached hydrogens (primary N) is 1. The minimum Gasteiger partial charge on any atom is -0.382 e. The van der Waals surface area contributed by atoms with Gasteiger partial charge in [-0.1, -0.05) is 12.1 Å². The van der Waals surface area contributed by atoms with Gasteiger partial charge in [0.1, 0.15) is 11.8 Å². The van der Waals surface area contributed by atoms with Gasteiger partial charge < -0.3 is 15.6 Å². The number of aryl methyl sites for hydroxylation is 1. The Balaban J connectivity index is 1.39. The maximum Gasteiger partial charge on any atom is 0.228 e. The summed E-state index contributed by atoms with van der Waals surface area (Å²) in [6.07, 6.45) is 4.85. The summed E-state index contributed by atoms with van der Waals surface area (Å²) in [5, 5.41) is 11.8. The minimum absolute atomic E-state index is 0.109. The zero-order valence-corrected chi connectivity index (χ0v) is 16.8. The van der Waals surface area contributed by atoms with Crippen LogP contribution in [0.15, 0.2) is 54.9 Å². The van der Waals surface area contributed by atoms with Crippen LogP contribution in [0.1, 0.15) is 28.8 Å². The third kappa shape index (κ3) is 3.38. The summed E-state index contributed by atoms with van der Waals surface area (Å²) in [7, 11) is 0. The standard InChI is InChI=1S/C24H20N6O/c25-13-16-6-4-15(5-7-16)12-21(31)29-17-8-10-18(11-9-17)30-20-3-1-2-19(20)22-23(30)24(26)28-14-27-22/h4-11,14H,1-3,12H2,(H,29,31)(H2,26,27,28). The van der Waals surface area contributed by atoms with E-state index in [4.69, 9.17) is 11.0 Å². The lowest BCUT2D eigenvalue weighted by atomic mass is 10.1. The van der Waals surface area contributed by atoms with Gasteiger partial charge in [0, 0.05) is 17.1 Å². The summed E-state index contributed by atoms with van der Waals surface area (Å²) in [5.41, 5.74) is 13.6. The second-order valence-corrected chi connectivity index (χ2v) is 7.65. The molecular weight excluding hydrogens is 388 g/mol. The highest BCUT2D eigenvalue weighted by molar-refractivity contribution is 5.93. The fraction of sp³-hybridized carbons (Fsp3) is 0.167. The molecule has 3 N–H and O–H groups in total. The van der Waals surface area contributed by atoms with E-state index in [1.165, 1.54) is 17.6 Å². The van der Waals surface area contributed by atoms with Crippen LogP contribution >= 0.6 is 0 Å². The molecule has 152 valence electrons. The van der Waals surface area contributed by atoms with Crippen LogP contribution in [-0.2, 0) is 24.1 Å². The summed E-state index contributed by atoms with van der Waals surface area (Å²) < 4.78 is 2.15. The van der Waals surface area contributed by atoms with Crippen LogP contribution in [-0.4, -0.2) is 20.4 Å². The van der Waals surface area contributed by atoms with E-state index < -0.39 is 0 Å². The molecule has 2 aromatic heterocycles. The number of anilines is 2. The molecule has 1 aliphatic carbocycles. The van der Waals surface area contributed by atoms with E-state index in [-0.39, 0.29) is 12.3 Å². The first-order valence-electron chi connectivity index (χ1n) is 10.2. The Morgan fingerprint density at radius 1 is 1.10 bits per heavy atom. The van der Waals surface area contributed by atoms with Crippen LogP contribution in [0.3, 0.4) is 0 Å². The van der Waals surface area contributed by atoms with E-state index in [0.29, 0.717) is 11.4 Å². The molecule has 0 saturated carbocycles. The summed E-state index contributed by atoms with van der Waals surface area (Å²) in [6, 6.07) is 16.8. The number of nitrogens with one attached hydrogen (secondary N) is 1. The van der Waals surface area contributed by atoms with E-state index in [1.54, 1.807) is 24.3 Å². The van der Waals surface area contributed by atoms with Crippen LogP contribution in [0, 0.1) is 11.3 Å². The molecule has 7 nitrogen and oxygen atoms in total. The zero-order chi connectivity index (χ0) is 21.4. The molecule has 1 amide bonds. The van der Waals surface area contributed by atoms with Crippen LogP contribution in [0.2, 0.25) is 0 Å². The molecule has 31 heavy (non-hydrogen) atoms. The van der Waals surface area contributed by atoms with Gasteiger partial charge in [0.2, 0.25) is 5.91 Å². The number of carbonyl (C=O) groups excluding carboxylic acids is 1. The second kappa shape index (κ2) is 7.58. The SMILES string of the molecule is N#Cc1ccc(CC(=O)Nc2ccc(-n3c4c(c5ncnc(N)c53)CCC4)cc2)cc1. The van der Waals surface area contributed by atoms with Crippen molar-refractivity contribution in [2.45, 2.75) is 25.7 Å². The second-order valence-electron chi connectivity index (χ2n) is 7.65. The monoisotopic (exact) mass is 408 g/mol. The molecule has 0 bridgehead atoms. The first-order chi connectivity index (χ1) is 15.1. The maximum atomic E-state index is 12.4. The molecule has 0 unspecified atom stereocenters. The fourth-order valence-corrected chi connectivity index (χ4v) is 4.26. The first-order valence-corrected chi connectivity index (χ1v) is 10.2. The Morgan fingerprint density at radius 3 is 2.61 bits per heavy atom. The minimum atomic E-state index is -0.109. The van der Waals surface area contributed by atoms with Crippen molar-refractivity contribution >= 4 is 28.4 Å². The van der Waals surface area contributed by atoms with Crippen molar-refractivity contribution in [1.29, 1.82) is 5.26 Å². The van der Waals surface area contributed by atoms with Gasteiger partial charge in [-0.15, -0.1) is 0 Å². The normalized spacial score (nSPS) is 12.5. The zero-order valence-electron chi connectivity index (χ0n) is 16.8.